The van der Waals surface area contributed by atoms with Crippen molar-refractivity contribution in [3.8, 4) is 0 Å². The Morgan fingerprint density at radius 3 is 2.58 bits per heavy atom. The van der Waals surface area contributed by atoms with Crippen molar-refractivity contribution in [1.29, 1.82) is 0 Å². The first-order valence-electron chi connectivity index (χ1n) is 10.7. The summed E-state index contributed by atoms with van der Waals surface area (Å²) in [6.07, 6.45) is 4.32. The first-order chi connectivity index (χ1) is 14.9. The highest BCUT2D eigenvalue weighted by Crippen LogP contribution is 2.30. The molecule has 1 N–H and O–H groups in total. The van der Waals surface area contributed by atoms with Gasteiger partial charge in [-0.3, -0.25) is 9.78 Å². The summed E-state index contributed by atoms with van der Waals surface area (Å²) in [5, 5.41) is 3.46. The van der Waals surface area contributed by atoms with E-state index in [0.717, 1.165) is 49.4 Å². The van der Waals surface area contributed by atoms with Crippen molar-refractivity contribution in [3.63, 3.8) is 0 Å². The van der Waals surface area contributed by atoms with Crippen molar-refractivity contribution in [3.05, 3.63) is 40.7 Å². The summed E-state index contributed by atoms with van der Waals surface area (Å²) in [4.78, 5) is 26.0. The minimum Gasteiger partial charge on any atom is -0.348 e. The van der Waals surface area contributed by atoms with Crippen LogP contribution in [0, 0.1) is 0 Å². The Morgan fingerprint density at radius 1 is 1.13 bits per heavy atom. The average molecular weight is 454 g/mol. The average Bonchev–Trinajstić information content (AvgIpc) is 3.28. The van der Waals surface area contributed by atoms with Gasteiger partial charge in [-0.1, -0.05) is 17.8 Å². The molecule has 0 unspecified atom stereocenters. The fraction of sp³-hybridized carbons (Fsp3) is 0.571. The van der Waals surface area contributed by atoms with Gasteiger partial charge in [-0.2, -0.15) is 13.2 Å². The first-order valence-corrected chi connectivity index (χ1v) is 11.5. The van der Waals surface area contributed by atoms with E-state index < -0.39 is 11.7 Å². The van der Waals surface area contributed by atoms with Gasteiger partial charge in [0.25, 0.3) is 5.91 Å². The number of hydrogen-bond donors (Lipinski definition) is 1. The molecule has 4 rings (SSSR count). The largest absolute Gasteiger partial charge is 0.416 e. The molecule has 2 aliphatic heterocycles. The second-order valence-electron chi connectivity index (χ2n) is 8.04. The Kier molecular flexibility index (Phi) is 6.76. The lowest BCUT2D eigenvalue weighted by atomic mass is 10.0. The van der Waals surface area contributed by atoms with Crippen molar-refractivity contribution in [2.45, 2.75) is 50.9 Å². The monoisotopic (exact) mass is 453 g/mol. The normalized spacial score (nSPS) is 18.9. The van der Waals surface area contributed by atoms with E-state index in [2.05, 4.69) is 25.1 Å². The number of nitrogens with one attached hydrogen (secondary N) is 1. The number of carbonyl (C=O) groups excluding carboxylic acids is 1. The molecule has 0 atom stereocenters. The molecule has 0 aliphatic carbocycles. The van der Waals surface area contributed by atoms with Gasteiger partial charge in [0, 0.05) is 25.3 Å². The van der Waals surface area contributed by atoms with Crippen molar-refractivity contribution in [2.24, 2.45) is 0 Å². The Bertz CT molecular complexity index is 889. The third-order valence-corrected chi connectivity index (χ3v) is 6.99. The van der Waals surface area contributed by atoms with E-state index >= 15 is 0 Å². The van der Waals surface area contributed by atoms with E-state index in [-0.39, 0.29) is 18.1 Å². The number of amides is 1. The molecule has 2 aliphatic rings. The molecule has 0 aromatic carbocycles. The summed E-state index contributed by atoms with van der Waals surface area (Å²) in [6, 6.07) is 2.50. The van der Waals surface area contributed by atoms with Crippen LogP contribution >= 0.6 is 11.3 Å². The zero-order valence-corrected chi connectivity index (χ0v) is 18.0. The lowest BCUT2D eigenvalue weighted by molar-refractivity contribution is -0.137. The lowest BCUT2D eigenvalue weighted by Crippen LogP contribution is -2.46. The number of anilines is 1. The predicted octanol–water partition coefficient (Wildman–Crippen LogP) is 3.94. The molecule has 0 bridgehead atoms. The van der Waals surface area contributed by atoms with Crippen LogP contribution in [0.3, 0.4) is 0 Å². The standard InChI is InChI=1S/C21H26F3N5OS/c22-21(23,24)15-4-7-25-16(12-15)13-26-19(30)18-14-27-20(31-18)29-10-5-17(6-11-29)28-8-2-1-3-9-28/h4,7,12,14,17H,1-3,5-6,8-11,13H2,(H,26,30). The van der Waals surface area contributed by atoms with Gasteiger partial charge in [0.05, 0.1) is 24.0 Å². The highest BCUT2D eigenvalue weighted by Gasteiger charge is 2.31. The summed E-state index contributed by atoms with van der Waals surface area (Å²) in [7, 11) is 0. The van der Waals surface area contributed by atoms with Crippen molar-refractivity contribution in [1.82, 2.24) is 20.2 Å². The number of halogens is 3. The molecule has 168 valence electrons. The van der Waals surface area contributed by atoms with E-state index in [0.29, 0.717) is 10.9 Å². The topological polar surface area (TPSA) is 61.4 Å². The second-order valence-corrected chi connectivity index (χ2v) is 9.05. The minimum atomic E-state index is -4.43. The maximum Gasteiger partial charge on any atom is 0.416 e. The van der Waals surface area contributed by atoms with Gasteiger partial charge in [0.1, 0.15) is 4.88 Å². The van der Waals surface area contributed by atoms with E-state index in [1.54, 1.807) is 0 Å². The maximum atomic E-state index is 12.8. The zero-order valence-electron chi connectivity index (χ0n) is 17.2. The molecule has 6 nitrogen and oxygen atoms in total. The van der Waals surface area contributed by atoms with Crippen LogP contribution in [0.1, 0.15) is 53.0 Å². The number of rotatable bonds is 5. The minimum absolute atomic E-state index is 0.0722. The molecule has 2 saturated heterocycles. The van der Waals surface area contributed by atoms with E-state index in [4.69, 9.17) is 0 Å². The van der Waals surface area contributed by atoms with E-state index in [9.17, 15) is 18.0 Å². The van der Waals surface area contributed by atoms with Crippen molar-refractivity contribution >= 4 is 22.4 Å². The van der Waals surface area contributed by atoms with Crippen LogP contribution in [0.15, 0.2) is 24.5 Å². The predicted molar refractivity (Wildman–Crippen MR) is 113 cm³/mol. The summed E-state index contributed by atoms with van der Waals surface area (Å²) in [5.41, 5.74) is -0.618. The fourth-order valence-electron chi connectivity index (χ4n) is 4.23. The highest BCUT2D eigenvalue weighted by atomic mass is 32.1. The van der Waals surface area contributed by atoms with E-state index in [1.165, 1.54) is 49.9 Å². The molecule has 0 saturated carbocycles. The number of thiazole rings is 1. The van der Waals surface area contributed by atoms with Crippen LogP contribution in [-0.4, -0.2) is 53.0 Å². The molecule has 0 radical (unpaired) electrons. The highest BCUT2D eigenvalue weighted by molar-refractivity contribution is 7.17. The number of likely N-dealkylation sites (tertiary alicyclic amines) is 1. The Hall–Kier alpha value is -2.20. The van der Waals surface area contributed by atoms with Crippen molar-refractivity contribution < 1.29 is 18.0 Å². The number of piperidine rings is 2. The molecule has 10 heteroatoms. The summed E-state index contributed by atoms with van der Waals surface area (Å²) in [5.74, 6) is -0.355. The van der Waals surface area contributed by atoms with Gasteiger partial charge in [0.15, 0.2) is 5.13 Å². The van der Waals surface area contributed by atoms with Crippen LogP contribution in [0.4, 0.5) is 18.3 Å². The molecule has 2 fully saturated rings. The van der Waals surface area contributed by atoms with Gasteiger partial charge >= 0.3 is 6.18 Å². The van der Waals surface area contributed by atoms with Crippen LogP contribution in [-0.2, 0) is 12.7 Å². The second kappa shape index (κ2) is 9.52. The van der Waals surface area contributed by atoms with Crippen LogP contribution in [0.5, 0.6) is 0 Å². The number of hydrogen-bond acceptors (Lipinski definition) is 6. The SMILES string of the molecule is O=C(NCc1cc(C(F)(F)F)ccn1)c1cnc(N2CCC(N3CCCCC3)CC2)s1. The lowest BCUT2D eigenvalue weighted by Gasteiger charge is -2.40. The fourth-order valence-corrected chi connectivity index (χ4v) is 5.12. The number of nitrogens with zero attached hydrogens (tertiary/aromatic N) is 4. The third-order valence-electron chi connectivity index (χ3n) is 5.93. The molecular formula is C21H26F3N5OS. The van der Waals surface area contributed by atoms with E-state index in [1.807, 2.05) is 0 Å². The summed E-state index contributed by atoms with van der Waals surface area (Å²) >= 11 is 1.32. The Balaban J connectivity index is 1.29. The zero-order chi connectivity index (χ0) is 21.8. The van der Waals surface area contributed by atoms with Crippen LogP contribution < -0.4 is 10.2 Å². The Labute approximate surface area is 183 Å². The third kappa shape index (κ3) is 5.54. The number of pyridine rings is 1. The maximum absolute atomic E-state index is 12.8. The van der Waals surface area contributed by atoms with Gasteiger partial charge in [0.2, 0.25) is 0 Å². The molecule has 0 spiro atoms. The molecule has 31 heavy (non-hydrogen) atoms. The summed E-state index contributed by atoms with van der Waals surface area (Å²) in [6.45, 7) is 4.17. The van der Waals surface area contributed by atoms with Crippen LogP contribution in [0.25, 0.3) is 0 Å². The Morgan fingerprint density at radius 2 is 1.87 bits per heavy atom. The molecule has 2 aromatic heterocycles. The van der Waals surface area contributed by atoms with Crippen LogP contribution in [0.2, 0.25) is 0 Å². The molecule has 4 heterocycles. The first kappa shape index (κ1) is 22.0. The quantitative estimate of drug-likeness (QED) is 0.743. The smallest absolute Gasteiger partial charge is 0.348 e. The number of aromatic nitrogens is 2. The number of carbonyl (C=O) groups is 1. The summed E-state index contributed by atoms with van der Waals surface area (Å²) < 4.78 is 38.4. The number of alkyl halides is 3. The van der Waals surface area contributed by atoms with Crippen molar-refractivity contribution in [2.75, 3.05) is 31.1 Å². The van der Waals surface area contributed by atoms with Gasteiger partial charge < -0.3 is 15.1 Å². The molecular weight excluding hydrogens is 427 g/mol. The van der Waals surface area contributed by atoms with Gasteiger partial charge in [-0.05, 0) is 50.9 Å². The molecule has 2 aromatic rings. The molecule has 1 amide bonds. The van der Waals surface area contributed by atoms with Gasteiger partial charge in [-0.15, -0.1) is 0 Å². The van der Waals surface area contributed by atoms with Gasteiger partial charge in [-0.25, -0.2) is 4.98 Å².